The van der Waals surface area contributed by atoms with Gasteiger partial charge in [0.15, 0.2) is 0 Å². The molecule has 15 heavy (non-hydrogen) atoms. The number of thioether (sulfide) groups is 1. The third-order valence-electron chi connectivity index (χ3n) is 1.99. The predicted molar refractivity (Wildman–Crippen MR) is 69.5 cm³/mol. The van der Waals surface area contributed by atoms with Gasteiger partial charge in [0.25, 0.3) is 0 Å². The van der Waals surface area contributed by atoms with Gasteiger partial charge in [-0.1, -0.05) is 22.0 Å². The molecular weight excluding hydrogens is 274 g/mol. The SMILES string of the molecule is COCCSc1ccc(CCN)c(Br)c1. The Morgan fingerprint density at radius 3 is 2.87 bits per heavy atom. The molecule has 0 radical (unpaired) electrons. The minimum atomic E-state index is 0.689. The van der Waals surface area contributed by atoms with Gasteiger partial charge >= 0.3 is 0 Å². The van der Waals surface area contributed by atoms with E-state index in [2.05, 4.69) is 34.1 Å². The zero-order valence-electron chi connectivity index (χ0n) is 8.83. The van der Waals surface area contributed by atoms with E-state index in [1.54, 1.807) is 18.9 Å². The number of benzene rings is 1. The molecule has 0 aromatic heterocycles. The summed E-state index contributed by atoms with van der Waals surface area (Å²) < 4.78 is 6.16. The molecule has 0 amide bonds. The second-order valence-corrected chi connectivity index (χ2v) is 5.16. The van der Waals surface area contributed by atoms with E-state index in [0.29, 0.717) is 6.54 Å². The average Bonchev–Trinajstić information content (AvgIpc) is 2.23. The van der Waals surface area contributed by atoms with Crippen LogP contribution < -0.4 is 5.73 Å². The first-order valence-electron chi connectivity index (χ1n) is 4.88. The molecule has 0 bridgehead atoms. The fourth-order valence-electron chi connectivity index (χ4n) is 1.22. The maximum atomic E-state index is 5.52. The van der Waals surface area contributed by atoms with Crippen molar-refractivity contribution >= 4 is 27.7 Å². The van der Waals surface area contributed by atoms with Crippen molar-refractivity contribution in [3.8, 4) is 0 Å². The van der Waals surface area contributed by atoms with Gasteiger partial charge in [-0.15, -0.1) is 11.8 Å². The molecule has 84 valence electrons. The molecule has 0 saturated heterocycles. The molecule has 4 heteroatoms. The number of ether oxygens (including phenoxy) is 1. The molecule has 0 spiro atoms. The monoisotopic (exact) mass is 289 g/mol. The molecule has 0 fully saturated rings. The second kappa shape index (κ2) is 7.28. The van der Waals surface area contributed by atoms with Crippen LogP contribution in [0.2, 0.25) is 0 Å². The van der Waals surface area contributed by atoms with Crippen LogP contribution in [-0.4, -0.2) is 26.0 Å². The summed E-state index contributed by atoms with van der Waals surface area (Å²) in [7, 11) is 1.72. The van der Waals surface area contributed by atoms with Crippen molar-refractivity contribution in [1.82, 2.24) is 0 Å². The standard InChI is InChI=1S/C11H16BrNOS/c1-14-6-7-15-10-3-2-9(4-5-13)11(12)8-10/h2-3,8H,4-7,13H2,1H3. The van der Waals surface area contributed by atoms with E-state index in [-0.39, 0.29) is 0 Å². The summed E-state index contributed by atoms with van der Waals surface area (Å²) in [5.74, 6) is 0.985. The average molecular weight is 290 g/mol. The third kappa shape index (κ3) is 4.55. The van der Waals surface area contributed by atoms with Gasteiger partial charge in [0.1, 0.15) is 0 Å². The molecule has 0 aliphatic heterocycles. The van der Waals surface area contributed by atoms with Gasteiger partial charge in [0.2, 0.25) is 0 Å². The maximum Gasteiger partial charge on any atom is 0.0556 e. The fraction of sp³-hybridized carbons (Fsp3) is 0.455. The summed E-state index contributed by atoms with van der Waals surface area (Å²) in [6.07, 6.45) is 0.920. The topological polar surface area (TPSA) is 35.2 Å². The van der Waals surface area contributed by atoms with E-state index in [1.807, 2.05) is 0 Å². The molecule has 1 aromatic rings. The lowest BCUT2D eigenvalue weighted by atomic mass is 10.1. The summed E-state index contributed by atoms with van der Waals surface area (Å²) in [4.78, 5) is 1.26. The molecule has 0 unspecified atom stereocenters. The van der Waals surface area contributed by atoms with Gasteiger partial charge in [-0.05, 0) is 30.7 Å². The minimum absolute atomic E-state index is 0.689. The largest absolute Gasteiger partial charge is 0.384 e. The fourth-order valence-corrected chi connectivity index (χ4v) is 2.80. The van der Waals surface area contributed by atoms with Crippen LogP contribution >= 0.6 is 27.7 Å². The lowest BCUT2D eigenvalue weighted by Crippen LogP contribution is -2.03. The first-order valence-corrected chi connectivity index (χ1v) is 6.66. The van der Waals surface area contributed by atoms with E-state index >= 15 is 0 Å². The normalized spacial score (nSPS) is 10.6. The highest BCUT2D eigenvalue weighted by Gasteiger charge is 2.01. The van der Waals surface area contributed by atoms with Crippen molar-refractivity contribution in [2.45, 2.75) is 11.3 Å². The summed E-state index contributed by atoms with van der Waals surface area (Å²) >= 11 is 5.36. The molecule has 2 nitrogen and oxygen atoms in total. The molecule has 1 aromatic carbocycles. The Kier molecular flexibility index (Phi) is 6.32. The van der Waals surface area contributed by atoms with E-state index in [0.717, 1.165) is 23.3 Å². The van der Waals surface area contributed by atoms with Gasteiger partial charge in [-0.3, -0.25) is 0 Å². The number of halogens is 1. The highest BCUT2D eigenvalue weighted by atomic mass is 79.9. The van der Waals surface area contributed by atoms with Crippen LogP contribution in [0.5, 0.6) is 0 Å². The smallest absolute Gasteiger partial charge is 0.0556 e. The lowest BCUT2D eigenvalue weighted by molar-refractivity contribution is 0.218. The predicted octanol–water partition coefficient (Wildman–Crippen LogP) is 2.69. The van der Waals surface area contributed by atoms with Crippen molar-refractivity contribution in [3.63, 3.8) is 0 Å². The van der Waals surface area contributed by atoms with Crippen LogP contribution in [0.1, 0.15) is 5.56 Å². The number of rotatable bonds is 6. The molecule has 2 N–H and O–H groups in total. The van der Waals surface area contributed by atoms with Gasteiger partial charge in [0, 0.05) is 22.2 Å². The molecule has 0 saturated carbocycles. The van der Waals surface area contributed by atoms with Gasteiger partial charge in [0.05, 0.1) is 6.61 Å². The van der Waals surface area contributed by atoms with Crippen LogP contribution in [0.3, 0.4) is 0 Å². The Labute approximate surface area is 104 Å². The molecule has 0 aliphatic carbocycles. The molecule has 0 heterocycles. The quantitative estimate of drug-likeness (QED) is 0.646. The van der Waals surface area contributed by atoms with Crippen molar-refractivity contribution in [1.29, 1.82) is 0 Å². The first kappa shape index (κ1) is 13.0. The van der Waals surface area contributed by atoms with Crippen molar-refractivity contribution in [3.05, 3.63) is 28.2 Å². The van der Waals surface area contributed by atoms with E-state index in [4.69, 9.17) is 10.5 Å². The number of hydrogen-bond donors (Lipinski definition) is 1. The van der Waals surface area contributed by atoms with E-state index in [1.165, 1.54) is 10.5 Å². The highest BCUT2D eigenvalue weighted by Crippen LogP contribution is 2.25. The van der Waals surface area contributed by atoms with Crippen LogP contribution in [0, 0.1) is 0 Å². The van der Waals surface area contributed by atoms with E-state index in [9.17, 15) is 0 Å². The summed E-state index contributed by atoms with van der Waals surface area (Å²) in [5, 5.41) is 0. The number of nitrogens with two attached hydrogens (primary N) is 1. The van der Waals surface area contributed by atoms with Gasteiger partial charge in [-0.25, -0.2) is 0 Å². The maximum absolute atomic E-state index is 5.52. The van der Waals surface area contributed by atoms with Crippen LogP contribution in [0.15, 0.2) is 27.6 Å². The summed E-state index contributed by atoms with van der Waals surface area (Å²) in [5.41, 5.74) is 6.79. The Morgan fingerprint density at radius 1 is 1.47 bits per heavy atom. The summed E-state index contributed by atoms with van der Waals surface area (Å²) in [6, 6.07) is 6.41. The lowest BCUT2D eigenvalue weighted by Gasteiger charge is -2.06. The highest BCUT2D eigenvalue weighted by molar-refractivity contribution is 9.10. The number of hydrogen-bond acceptors (Lipinski definition) is 3. The molecule has 0 atom stereocenters. The van der Waals surface area contributed by atoms with Crippen molar-refractivity contribution < 1.29 is 4.74 Å². The Bertz CT molecular complexity index is 307. The molecular formula is C11H16BrNOS. The second-order valence-electron chi connectivity index (χ2n) is 3.13. The third-order valence-corrected chi connectivity index (χ3v) is 3.69. The van der Waals surface area contributed by atoms with Gasteiger partial charge < -0.3 is 10.5 Å². The Hall–Kier alpha value is -0.0300. The Balaban J connectivity index is 2.56. The van der Waals surface area contributed by atoms with Crippen LogP contribution in [0.4, 0.5) is 0 Å². The van der Waals surface area contributed by atoms with Gasteiger partial charge in [-0.2, -0.15) is 0 Å². The molecule has 1 rings (SSSR count). The zero-order valence-corrected chi connectivity index (χ0v) is 11.2. The van der Waals surface area contributed by atoms with E-state index < -0.39 is 0 Å². The first-order chi connectivity index (χ1) is 7.27. The molecule has 0 aliphatic rings. The number of methoxy groups -OCH3 is 1. The summed E-state index contributed by atoms with van der Waals surface area (Å²) in [6.45, 7) is 1.47. The van der Waals surface area contributed by atoms with Crippen LogP contribution in [0.25, 0.3) is 0 Å². The van der Waals surface area contributed by atoms with Crippen molar-refractivity contribution in [2.75, 3.05) is 26.0 Å². The van der Waals surface area contributed by atoms with Crippen LogP contribution in [-0.2, 0) is 11.2 Å². The minimum Gasteiger partial charge on any atom is -0.384 e. The van der Waals surface area contributed by atoms with Crippen molar-refractivity contribution in [2.24, 2.45) is 5.73 Å². The Morgan fingerprint density at radius 2 is 2.27 bits per heavy atom. The zero-order chi connectivity index (χ0) is 11.1.